The monoisotopic (exact) mass is 382 g/mol. The zero-order chi connectivity index (χ0) is 19.7. The Kier molecular flexibility index (Phi) is 4.89. The van der Waals surface area contributed by atoms with E-state index < -0.39 is 18.0 Å². The average Bonchev–Trinajstić information content (AvgIpc) is 3.08. The minimum absolute atomic E-state index is 0.193. The number of hydrogen-bond donors (Lipinski definition) is 2. The maximum Gasteiger partial charge on any atom is 0.150 e. The number of aliphatic hydroxyl groups is 1. The molecule has 2 heterocycles. The van der Waals surface area contributed by atoms with E-state index in [9.17, 15) is 9.50 Å². The second-order valence-corrected chi connectivity index (χ2v) is 6.56. The van der Waals surface area contributed by atoms with Gasteiger partial charge < -0.3 is 19.9 Å². The summed E-state index contributed by atoms with van der Waals surface area (Å²) >= 11 is 0. The maximum absolute atomic E-state index is 13.8. The lowest BCUT2D eigenvalue weighted by Gasteiger charge is -2.19. The number of hydrogen-bond acceptors (Lipinski definition) is 7. The van der Waals surface area contributed by atoms with Crippen molar-refractivity contribution < 1.29 is 19.0 Å². The number of benzene rings is 2. The van der Waals surface area contributed by atoms with Gasteiger partial charge in [0.1, 0.15) is 29.8 Å². The number of ether oxygens (including phenoxy) is 2. The number of nitrogens with one attached hydrogen (secondary N) is 1. The normalized spacial score (nSPS) is 19.0. The lowest BCUT2D eigenvalue weighted by atomic mass is 10.1. The number of aliphatic imine (C=N–C) groups is 1. The van der Waals surface area contributed by atoms with E-state index in [1.54, 1.807) is 6.07 Å². The van der Waals surface area contributed by atoms with Crippen molar-refractivity contribution >= 4 is 34.8 Å². The highest BCUT2D eigenvalue weighted by Crippen LogP contribution is 2.34. The highest BCUT2D eigenvalue weighted by molar-refractivity contribution is 5.95. The number of rotatable bonds is 5. The quantitative estimate of drug-likeness (QED) is 0.659. The fraction of sp³-hybridized carbons (Fsp3) is 0.250. The summed E-state index contributed by atoms with van der Waals surface area (Å²) in [4.78, 5) is 12.6. The fourth-order valence-corrected chi connectivity index (χ4v) is 3.18. The molecule has 0 spiro atoms. The second-order valence-electron chi connectivity index (χ2n) is 6.56. The van der Waals surface area contributed by atoms with Gasteiger partial charge in [-0.15, -0.1) is 0 Å². The van der Waals surface area contributed by atoms with E-state index >= 15 is 0 Å². The van der Waals surface area contributed by atoms with Gasteiger partial charge in [-0.05, 0) is 43.5 Å². The third kappa shape index (κ3) is 3.51. The summed E-state index contributed by atoms with van der Waals surface area (Å²) in [6.45, 7) is 5.92. The van der Waals surface area contributed by atoms with Crippen LogP contribution >= 0.6 is 0 Å². The van der Waals surface area contributed by atoms with Crippen LogP contribution in [-0.2, 0) is 4.74 Å². The molecule has 0 saturated carbocycles. The van der Waals surface area contributed by atoms with Crippen LogP contribution in [0.3, 0.4) is 0 Å². The molecule has 144 valence electrons. The Hall–Kier alpha value is -3.10. The minimum atomic E-state index is -0.761. The molecule has 2 atom stereocenters. The van der Waals surface area contributed by atoms with E-state index in [1.807, 2.05) is 19.1 Å². The Bertz CT molecular complexity index is 1040. The number of anilines is 2. The maximum atomic E-state index is 13.8. The van der Waals surface area contributed by atoms with Crippen LogP contribution in [0.15, 0.2) is 41.7 Å². The van der Waals surface area contributed by atoms with Crippen LogP contribution in [0.2, 0.25) is 0 Å². The molecule has 0 amide bonds. The summed E-state index contributed by atoms with van der Waals surface area (Å²) in [5, 5.41) is 13.9. The van der Waals surface area contributed by atoms with Crippen molar-refractivity contribution in [3.63, 3.8) is 0 Å². The molecule has 8 heteroatoms. The zero-order valence-corrected chi connectivity index (χ0v) is 15.2. The molecule has 0 radical (unpaired) electrons. The Morgan fingerprint density at radius 2 is 2.14 bits per heavy atom. The number of nitrogens with zero attached hydrogens (tertiary/aromatic N) is 3. The van der Waals surface area contributed by atoms with Gasteiger partial charge in [0.25, 0.3) is 0 Å². The van der Waals surface area contributed by atoms with Crippen LogP contribution in [0.1, 0.15) is 5.56 Å². The first-order valence-corrected chi connectivity index (χ1v) is 8.76. The summed E-state index contributed by atoms with van der Waals surface area (Å²) in [6.07, 6.45) is 0.116. The molecule has 1 saturated heterocycles. The third-order valence-electron chi connectivity index (χ3n) is 4.58. The first-order valence-electron chi connectivity index (χ1n) is 8.76. The molecule has 0 aliphatic carbocycles. The van der Waals surface area contributed by atoms with E-state index in [0.717, 1.165) is 16.6 Å². The van der Waals surface area contributed by atoms with Crippen molar-refractivity contribution in [3.8, 4) is 5.75 Å². The largest absolute Gasteiger partial charge is 0.483 e. The standard InChI is InChI=1S/C20H19FN4O3/c1-11-5-13(22-2)7-15-19(11)20(24-10-23-15)25-14-4-3-12(21)6-17(14)28-18-9-27-8-16(18)26/h3-7,10,16,18,26H,2,8-9H2,1H3,(H,23,24,25). The fourth-order valence-electron chi connectivity index (χ4n) is 3.18. The molecule has 1 fully saturated rings. The van der Waals surface area contributed by atoms with E-state index in [0.29, 0.717) is 17.0 Å². The number of halogens is 1. The van der Waals surface area contributed by atoms with Crippen molar-refractivity contribution in [2.75, 3.05) is 18.5 Å². The molecule has 2 aromatic carbocycles. The van der Waals surface area contributed by atoms with Gasteiger partial charge in [0, 0.05) is 11.5 Å². The zero-order valence-electron chi connectivity index (χ0n) is 15.2. The van der Waals surface area contributed by atoms with Crippen molar-refractivity contribution in [1.82, 2.24) is 9.97 Å². The predicted molar refractivity (Wildman–Crippen MR) is 104 cm³/mol. The van der Waals surface area contributed by atoms with Gasteiger partial charge in [-0.3, -0.25) is 4.99 Å². The average molecular weight is 382 g/mol. The van der Waals surface area contributed by atoms with Crippen LogP contribution in [0, 0.1) is 12.7 Å². The van der Waals surface area contributed by atoms with E-state index in [4.69, 9.17) is 9.47 Å². The van der Waals surface area contributed by atoms with Crippen LogP contribution < -0.4 is 10.1 Å². The van der Waals surface area contributed by atoms with Crippen LogP contribution in [0.5, 0.6) is 5.75 Å². The molecule has 0 bridgehead atoms. The van der Waals surface area contributed by atoms with E-state index in [-0.39, 0.29) is 19.0 Å². The van der Waals surface area contributed by atoms with Gasteiger partial charge in [-0.25, -0.2) is 14.4 Å². The Labute approximate surface area is 160 Å². The Balaban J connectivity index is 1.72. The number of aromatic nitrogens is 2. The van der Waals surface area contributed by atoms with Gasteiger partial charge >= 0.3 is 0 Å². The van der Waals surface area contributed by atoms with Crippen molar-refractivity contribution in [2.45, 2.75) is 19.1 Å². The number of fused-ring (bicyclic) bond motifs is 1. The SMILES string of the molecule is C=Nc1cc(C)c2c(Nc3ccc(F)cc3OC3COCC3O)ncnc2c1. The summed E-state index contributed by atoms with van der Waals surface area (Å²) in [7, 11) is 0. The van der Waals surface area contributed by atoms with Gasteiger partial charge in [0.15, 0.2) is 6.10 Å². The summed E-state index contributed by atoms with van der Waals surface area (Å²) in [5.74, 6) is 0.375. The molecule has 2 N–H and O–H groups in total. The molecule has 28 heavy (non-hydrogen) atoms. The van der Waals surface area contributed by atoms with Gasteiger partial charge in [0.2, 0.25) is 0 Å². The number of aliphatic hydroxyl groups excluding tert-OH is 1. The summed E-state index contributed by atoms with van der Waals surface area (Å²) in [6, 6.07) is 7.86. The molecule has 1 aliphatic rings. The summed E-state index contributed by atoms with van der Waals surface area (Å²) < 4.78 is 24.8. The van der Waals surface area contributed by atoms with E-state index in [1.165, 1.54) is 18.5 Å². The molecule has 7 nitrogen and oxygen atoms in total. The van der Waals surface area contributed by atoms with Crippen molar-refractivity contribution in [2.24, 2.45) is 4.99 Å². The second kappa shape index (κ2) is 7.49. The van der Waals surface area contributed by atoms with Crippen LogP contribution in [0.25, 0.3) is 10.9 Å². The van der Waals surface area contributed by atoms with Crippen LogP contribution in [0.4, 0.5) is 21.6 Å². The first-order chi connectivity index (χ1) is 13.5. The lowest BCUT2D eigenvalue weighted by molar-refractivity contribution is 0.0736. The van der Waals surface area contributed by atoms with Crippen molar-refractivity contribution in [1.29, 1.82) is 0 Å². The van der Waals surface area contributed by atoms with Gasteiger partial charge in [-0.1, -0.05) is 0 Å². The van der Waals surface area contributed by atoms with Gasteiger partial charge in [0.05, 0.1) is 30.1 Å². The smallest absolute Gasteiger partial charge is 0.150 e. The highest BCUT2D eigenvalue weighted by Gasteiger charge is 2.29. The third-order valence-corrected chi connectivity index (χ3v) is 4.58. The molecular formula is C20H19FN4O3. The molecule has 1 aliphatic heterocycles. The molecule has 1 aromatic heterocycles. The topological polar surface area (TPSA) is 88.9 Å². The Morgan fingerprint density at radius 3 is 2.89 bits per heavy atom. The lowest BCUT2D eigenvalue weighted by Crippen LogP contribution is -2.30. The van der Waals surface area contributed by atoms with Crippen molar-refractivity contribution in [3.05, 3.63) is 48.0 Å². The number of aryl methyl sites for hydroxylation is 1. The molecule has 4 rings (SSSR count). The molecule has 2 unspecified atom stereocenters. The van der Waals surface area contributed by atoms with Gasteiger partial charge in [-0.2, -0.15) is 0 Å². The summed E-state index contributed by atoms with van der Waals surface area (Å²) in [5.41, 5.74) is 2.87. The minimum Gasteiger partial charge on any atom is -0.483 e. The molecular weight excluding hydrogens is 363 g/mol. The van der Waals surface area contributed by atoms with E-state index in [2.05, 4.69) is 27.0 Å². The Morgan fingerprint density at radius 1 is 1.29 bits per heavy atom. The van der Waals surface area contributed by atoms with Crippen LogP contribution in [-0.4, -0.2) is 47.2 Å². The molecule has 3 aromatic rings. The predicted octanol–water partition coefficient (Wildman–Crippen LogP) is 3.29. The highest BCUT2D eigenvalue weighted by atomic mass is 19.1. The first kappa shape index (κ1) is 18.3.